The molecule has 0 spiro atoms. The summed E-state index contributed by atoms with van der Waals surface area (Å²) in [5.41, 5.74) is -0.204. The first-order chi connectivity index (χ1) is 18.2. The van der Waals surface area contributed by atoms with Gasteiger partial charge in [0.15, 0.2) is 0 Å². The number of carbonyl (C=O) groups is 1. The summed E-state index contributed by atoms with van der Waals surface area (Å²) in [6.45, 7) is 2.98. The van der Waals surface area contributed by atoms with Gasteiger partial charge in [0.25, 0.3) is 5.91 Å². The number of hydrogen-bond acceptors (Lipinski definition) is 4. The van der Waals surface area contributed by atoms with E-state index >= 15 is 0 Å². The van der Waals surface area contributed by atoms with Crippen molar-refractivity contribution in [3.63, 3.8) is 0 Å². The van der Waals surface area contributed by atoms with Crippen molar-refractivity contribution in [3.05, 3.63) is 47.8 Å². The smallest absolute Gasteiger partial charge is 0.339 e. The zero-order valence-electron chi connectivity index (χ0n) is 21.8. The summed E-state index contributed by atoms with van der Waals surface area (Å²) in [6.07, 6.45) is 6.75. The highest BCUT2D eigenvalue weighted by Crippen LogP contribution is 2.53. The average Bonchev–Trinajstić information content (AvgIpc) is 2.90. The number of aromatic nitrogens is 2. The summed E-state index contributed by atoms with van der Waals surface area (Å²) in [7, 11) is 0. The maximum atomic E-state index is 14.9. The molecule has 1 saturated carbocycles. The molecule has 0 bridgehead atoms. The third-order valence-electron chi connectivity index (χ3n) is 8.80. The van der Waals surface area contributed by atoms with E-state index < -0.39 is 17.4 Å². The summed E-state index contributed by atoms with van der Waals surface area (Å²) in [5, 5.41) is 0. The van der Waals surface area contributed by atoms with Crippen LogP contribution < -0.4 is 0 Å². The Hall–Kier alpha value is -2.55. The lowest BCUT2D eigenvalue weighted by Gasteiger charge is -2.47. The lowest BCUT2D eigenvalue weighted by Crippen LogP contribution is -2.53. The van der Waals surface area contributed by atoms with Gasteiger partial charge in [0, 0.05) is 55.1 Å². The molecule has 0 unspecified atom stereocenters. The normalized spacial score (nSPS) is 20.8. The van der Waals surface area contributed by atoms with Gasteiger partial charge in [-0.25, -0.2) is 14.4 Å². The van der Waals surface area contributed by atoms with Gasteiger partial charge in [0.1, 0.15) is 11.6 Å². The highest BCUT2D eigenvalue weighted by Gasteiger charge is 2.58. The Morgan fingerprint density at radius 3 is 2.24 bits per heavy atom. The van der Waals surface area contributed by atoms with E-state index in [4.69, 9.17) is 0 Å². The van der Waals surface area contributed by atoms with Crippen molar-refractivity contribution < 1.29 is 22.4 Å². The minimum Gasteiger partial charge on any atom is -0.339 e. The molecule has 0 N–H and O–H groups in total. The lowest BCUT2D eigenvalue weighted by atomic mass is 9.67. The molecule has 0 radical (unpaired) electrons. The fraction of sp³-hybridized carbons (Fsp3) is 0.621. The molecule has 9 heteroatoms. The molecule has 2 aliphatic heterocycles. The van der Waals surface area contributed by atoms with Crippen molar-refractivity contribution >= 4 is 5.91 Å². The standard InChI is InChI=1S/C29H36F4N4O/c30-25-17-22(27(38)37-13-2-1-3-14-37)6-7-24(25)23-18-34-26(35-19-23)8-5-21-9-15-36(16-10-21)20-28(11-4-12-28)29(31,32)33/h6-7,17-19,21H,1-5,8-16,20H2. The average molecular weight is 533 g/mol. The number of alkyl halides is 3. The molecule has 3 heterocycles. The third kappa shape index (κ3) is 5.87. The van der Waals surface area contributed by atoms with Crippen LogP contribution in [0.3, 0.4) is 0 Å². The van der Waals surface area contributed by atoms with Crippen LogP contribution in [-0.2, 0) is 6.42 Å². The van der Waals surface area contributed by atoms with Gasteiger partial charge in [-0.3, -0.25) is 4.79 Å². The number of nitrogens with zero attached hydrogens (tertiary/aromatic N) is 4. The third-order valence-corrected chi connectivity index (χ3v) is 8.80. The highest BCUT2D eigenvalue weighted by molar-refractivity contribution is 5.94. The summed E-state index contributed by atoms with van der Waals surface area (Å²) in [4.78, 5) is 25.3. The van der Waals surface area contributed by atoms with Crippen LogP contribution in [0.2, 0.25) is 0 Å². The van der Waals surface area contributed by atoms with Gasteiger partial charge in [-0.1, -0.05) is 12.5 Å². The monoisotopic (exact) mass is 532 g/mol. The summed E-state index contributed by atoms with van der Waals surface area (Å²) in [6, 6.07) is 4.58. The maximum Gasteiger partial charge on any atom is 0.395 e. The Labute approximate surface area is 221 Å². The van der Waals surface area contributed by atoms with Crippen LogP contribution in [0.5, 0.6) is 0 Å². The molecule has 0 atom stereocenters. The largest absolute Gasteiger partial charge is 0.395 e. The van der Waals surface area contributed by atoms with Gasteiger partial charge in [-0.05, 0) is 82.5 Å². The van der Waals surface area contributed by atoms with E-state index in [1.165, 1.54) is 6.07 Å². The van der Waals surface area contributed by atoms with Crippen LogP contribution in [0.25, 0.3) is 11.1 Å². The van der Waals surface area contributed by atoms with Crippen molar-refractivity contribution in [1.29, 1.82) is 0 Å². The second-order valence-electron chi connectivity index (χ2n) is 11.3. The van der Waals surface area contributed by atoms with E-state index in [-0.39, 0.29) is 25.3 Å². The number of halogens is 4. The molecule has 1 amide bonds. The van der Waals surface area contributed by atoms with E-state index in [0.717, 1.165) is 51.6 Å². The number of piperidine rings is 2. The minimum atomic E-state index is -4.11. The van der Waals surface area contributed by atoms with Gasteiger partial charge < -0.3 is 9.80 Å². The van der Waals surface area contributed by atoms with E-state index in [1.807, 2.05) is 4.90 Å². The molecule has 2 saturated heterocycles. The minimum absolute atomic E-state index is 0.129. The molecule has 1 aromatic carbocycles. The summed E-state index contributed by atoms with van der Waals surface area (Å²) < 4.78 is 55.4. The van der Waals surface area contributed by atoms with Crippen molar-refractivity contribution in [2.75, 3.05) is 32.7 Å². The molecule has 3 aliphatic rings. The molecule has 2 aromatic rings. The molecule has 1 aromatic heterocycles. The molecule has 1 aliphatic carbocycles. The fourth-order valence-corrected chi connectivity index (χ4v) is 6.11. The first-order valence-corrected chi connectivity index (χ1v) is 13.9. The Balaban J connectivity index is 1.11. The summed E-state index contributed by atoms with van der Waals surface area (Å²) >= 11 is 0. The number of carbonyl (C=O) groups excluding carboxylic acids is 1. The van der Waals surface area contributed by atoms with Crippen LogP contribution in [0.4, 0.5) is 17.6 Å². The number of likely N-dealkylation sites (tertiary alicyclic amines) is 2. The molecule has 206 valence electrons. The Kier molecular flexibility index (Phi) is 8.03. The maximum absolute atomic E-state index is 14.9. The Morgan fingerprint density at radius 1 is 0.974 bits per heavy atom. The number of rotatable bonds is 7. The molecule has 5 rings (SSSR count). The van der Waals surface area contributed by atoms with Crippen LogP contribution in [-0.4, -0.2) is 64.6 Å². The van der Waals surface area contributed by atoms with E-state index in [9.17, 15) is 22.4 Å². The van der Waals surface area contributed by atoms with Gasteiger partial charge in [-0.2, -0.15) is 13.2 Å². The van der Waals surface area contributed by atoms with Gasteiger partial charge in [0.2, 0.25) is 0 Å². The summed E-state index contributed by atoms with van der Waals surface area (Å²) in [5.74, 6) is 0.528. The van der Waals surface area contributed by atoms with Crippen molar-refractivity contribution in [2.45, 2.75) is 70.4 Å². The second kappa shape index (κ2) is 11.3. The molecule has 3 fully saturated rings. The zero-order valence-corrected chi connectivity index (χ0v) is 21.8. The predicted octanol–water partition coefficient (Wildman–Crippen LogP) is 6.29. The Morgan fingerprint density at radius 2 is 1.66 bits per heavy atom. The number of aryl methyl sites for hydroxylation is 1. The number of benzene rings is 1. The van der Waals surface area contributed by atoms with Gasteiger partial charge in [-0.15, -0.1) is 0 Å². The van der Waals surface area contributed by atoms with Crippen LogP contribution >= 0.6 is 0 Å². The number of hydrogen-bond donors (Lipinski definition) is 0. The van der Waals surface area contributed by atoms with Crippen molar-refractivity contribution in [2.24, 2.45) is 11.3 Å². The fourth-order valence-electron chi connectivity index (χ4n) is 6.11. The predicted molar refractivity (Wildman–Crippen MR) is 137 cm³/mol. The van der Waals surface area contributed by atoms with Crippen LogP contribution in [0, 0.1) is 17.2 Å². The molecular weight excluding hydrogens is 496 g/mol. The molecule has 5 nitrogen and oxygen atoms in total. The van der Waals surface area contributed by atoms with Gasteiger partial charge >= 0.3 is 6.18 Å². The first-order valence-electron chi connectivity index (χ1n) is 13.9. The molecule has 38 heavy (non-hydrogen) atoms. The van der Waals surface area contributed by atoms with Crippen molar-refractivity contribution in [3.8, 4) is 11.1 Å². The van der Waals surface area contributed by atoms with Crippen LogP contribution in [0.1, 0.15) is 74.0 Å². The topological polar surface area (TPSA) is 49.3 Å². The molecular formula is C29H36F4N4O. The van der Waals surface area contributed by atoms with Crippen LogP contribution in [0.15, 0.2) is 30.6 Å². The van der Waals surface area contributed by atoms with E-state index in [0.29, 0.717) is 54.4 Å². The zero-order chi connectivity index (χ0) is 26.8. The van der Waals surface area contributed by atoms with E-state index in [1.54, 1.807) is 29.4 Å². The van der Waals surface area contributed by atoms with E-state index in [2.05, 4.69) is 9.97 Å². The Bertz CT molecular complexity index is 1100. The first kappa shape index (κ1) is 27.0. The van der Waals surface area contributed by atoms with Gasteiger partial charge in [0.05, 0.1) is 5.41 Å². The second-order valence-corrected chi connectivity index (χ2v) is 11.3. The quantitative estimate of drug-likeness (QED) is 0.394. The number of amides is 1. The lowest BCUT2D eigenvalue weighted by molar-refractivity contribution is -0.256. The van der Waals surface area contributed by atoms with Crippen molar-refractivity contribution in [1.82, 2.24) is 19.8 Å². The SMILES string of the molecule is O=C(c1ccc(-c2cnc(CCC3CCN(CC4(C(F)(F)F)CCC4)CC3)nc2)c(F)c1)N1CCCCC1. The highest BCUT2D eigenvalue weighted by atomic mass is 19.4.